The van der Waals surface area contributed by atoms with Gasteiger partial charge in [-0.1, -0.05) is 0 Å². The van der Waals surface area contributed by atoms with Gasteiger partial charge in [-0.15, -0.1) is 0 Å². The van der Waals surface area contributed by atoms with Crippen molar-refractivity contribution in [3.05, 3.63) is 0 Å². The molecule has 2 unspecified atom stereocenters. The number of carboxylic acids is 1. The van der Waals surface area contributed by atoms with Gasteiger partial charge in [0, 0.05) is 12.0 Å². The molecule has 6 heteroatoms. The van der Waals surface area contributed by atoms with Crippen LogP contribution in [0.2, 0.25) is 0 Å². The zero-order valence-electron chi connectivity index (χ0n) is 7.33. The first-order chi connectivity index (χ1) is 6.54. The second-order valence-electron chi connectivity index (χ2n) is 3.77. The summed E-state index contributed by atoms with van der Waals surface area (Å²) in [5, 5.41) is 27.2. The number of rotatable bonds is 1. The highest BCUT2D eigenvalue weighted by Gasteiger charge is 2.57. The van der Waals surface area contributed by atoms with Gasteiger partial charge < -0.3 is 15.3 Å². The highest BCUT2D eigenvalue weighted by Crippen LogP contribution is 2.43. The van der Waals surface area contributed by atoms with Crippen LogP contribution in [0.1, 0.15) is 12.8 Å². The van der Waals surface area contributed by atoms with E-state index in [0.29, 0.717) is 12.8 Å². The van der Waals surface area contributed by atoms with Gasteiger partial charge in [-0.2, -0.15) is 0 Å². The number of aliphatic carboxylic acids is 1. The Kier molecular flexibility index (Phi) is 1.88. The Morgan fingerprint density at radius 2 is 1.86 bits per heavy atom. The fraction of sp³-hybridized carbons (Fsp3) is 0.750. The van der Waals surface area contributed by atoms with Crippen molar-refractivity contribution in [2.45, 2.75) is 31.0 Å². The Morgan fingerprint density at radius 3 is 2.21 bits per heavy atom. The lowest BCUT2D eigenvalue weighted by Crippen LogP contribution is -2.48. The van der Waals surface area contributed by atoms with E-state index in [-0.39, 0.29) is 12.0 Å². The van der Waals surface area contributed by atoms with Crippen LogP contribution in [0.15, 0.2) is 0 Å². The predicted molar refractivity (Wildman–Crippen MR) is 43.8 cm³/mol. The summed E-state index contributed by atoms with van der Waals surface area (Å²) in [6, 6.07) is -1.59. The summed E-state index contributed by atoms with van der Waals surface area (Å²) in [5.41, 5.74) is 0. The maximum atomic E-state index is 10.8. The summed E-state index contributed by atoms with van der Waals surface area (Å²) in [6.45, 7) is 0. The molecular weight excluding hydrogens is 190 g/mol. The maximum Gasteiger partial charge on any atom is 0.408 e. The standard InChI is InChI=1S/C8H11NO5/c10-6-3-1-2-4(3)9(8(13)14)5(6)7(11)12/h3-6,10H,1-2H2,(H,11,12)(H,13,14)/t3-,4+,5?,6?/m0/s1. The molecule has 78 valence electrons. The van der Waals surface area contributed by atoms with Crippen LogP contribution in [0.4, 0.5) is 4.79 Å². The molecule has 3 N–H and O–H groups in total. The van der Waals surface area contributed by atoms with Gasteiger partial charge >= 0.3 is 12.1 Å². The van der Waals surface area contributed by atoms with Gasteiger partial charge in [-0.3, -0.25) is 4.90 Å². The molecule has 0 radical (unpaired) electrons. The Morgan fingerprint density at radius 1 is 1.21 bits per heavy atom. The first-order valence-corrected chi connectivity index (χ1v) is 4.46. The van der Waals surface area contributed by atoms with Gasteiger partial charge in [0.15, 0.2) is 6.04 Å². The third-order valence-electron chi connectivity index (χ3n) is 3.18. The molecule has 0 aromatic heterocycles. The monoisotopic (exact) mass is 201 g/mol. The number of carboxylic acid groups (broad SMARTS) is 2. The van der Waals surface area contributed by atoms with Gasteiger partial charge in [0.05, 0.1) is 6.10 Å². The van der Waals surface area contributed by atoms with Crippen LogP contribution >= 0.6 is 0 Å². The van der Waals surface area contributed by atoms with E-state index in [0.717, 1.165) is 4.90 Å². The van der Waals surface area contributed by atoms with E-state index >= 15 is 0 Å². The van der Waals surface area contributed by atoms with Crippen molar-refractivity contribution in [3.8, 4) is 0 Å². The molecule has 0 aromatic rings. The molecule has 0 aromatic carbocycles. The summed E-state index contributed by atoms with van der Waals surface area (Å²) in [4.78, 5) is 22.5. The predicted octanol–water partition coefficient (Wildman–Crippen LogP) is -0.427. The van der Waals surface area contributed by atoms with Gasteiger partial charge in [-0.05, 0) is 12.8 Å². The number of carbonyl (C=O) groups is 2. The molecule has 1 saturated carbocycles. The lowest BCUT2D eigenvalue weighted by Gasteiger charge is -2.34. The molecule has 1 saturated heterocycles. The van der Waals surface area contributed by atoms with Crippen molar-refractivity contribution >= 4 is 12.1 Å². The van der Waals surface area contributed by atoms with Gasteiger partial charge in [0.2, 0.25) is 0 Å². The van der Waals surface area contributed by atoms with E-state index in [1.54, 1.807) is 0 Å². The van der Waals surface area contributed by atoms with Crippen molar-refractivity contribution in [1.82, 2.24) is 4.90 Å². The summed E-state index contributed by atoms with van der Waals surface area (Å²) < 4.78 is 0. The van der Waals surface area contributed by atoms with E-state index in [4.69, 9.17) is 10.2 Å². The summed E-state index contributed by atoms with van der Waals surface area (Å²) in [7, 11) is 0. The number of amides is 1. The van der Waals surface area contributed by atoms with Crippen LogP contribution in [-0.2, 0) is 4.79 Å². The van der Waals surface area contributed by atoms with Gasteiger partial charge in [0.25, 0.3) is 0 Å². The molecule has 6 nitrogen and oxygen atoms in total. The van der Waals surface area contributed by atoms with Crippen molar-refractivity contribution in [2.75, 3.05) is 0 Å². The number of hydrogen-bond donors (Lipinski definition) is 3. The average molecular weight is 201 g/mol. The normalized spacial score (nSPS) is 40.2. The van der Waals surface area contributed by atoms with Crippen LogP contribution in [-0.4, -0.2) is 50.5 Å². The van der Waals surface area contributed by atoms with Crippen LogP contribution < -0.4 is 0 Å². The van der Waals surface area contributed by atoms with Crippen LogP contribution in [0, 0.1) is 5.92 Å². The number of aliphatic hydroxyl groups excluding tert-OH is 1. The Balaban J connectivity index is 2.28. The Labute approximate surface area is 79.7 Å². The fourth-order valence-corrected chi connectivity index (χ4v) is 2.38. The van der Waals surface area contributed by atoms with Gasteiger partial charge in [-0.25, -0.2) is 9.59 Å². The summed E-state index contributed by atoms with van der Waals surface area (Å²) >= 11 is 0. The molecule has 1 aliphatic carbocycles. The second kappa shape index (κ2) is 2.84. The van der Waals surface area contributed by atoms with Crippen molar-refractivity contribution < 1.29 is 24.9 Å². The number of fused-ring (bicyclic) bond motifs is 1. The number of aliphatic hydroxyl groups is 1. The summed E-state index contributed by atoms with van der Waals surface area (Å²) in [6.07, 6.45) is -0.956. The van der Waals surface area contributed by atoms with Gasteiger partial charge in [0.1, 0.15) is 0 Å². The number of hydrogen-bond acceptors (Lipinski definition) is 3. The van der Waals surface area contributed by atoms with E-state index in [1.807, 2.05) is 0 Å². The quantitative estimate of drug-likeness (QED) is 0.535. The van der Waals surface area contributed by atoms with E-state index in [9.17, 15) is 14.7 Å². The zero-order valence-corrected chi connectivity index (χ0v) is 7.33. The SMILES string of the molecule is O=C(O)C1C(O)[C@H]2CC[C@H]2N1C(=O)O. The minimum Gasteiger partial charge on any atom is -0.480 e. The van der Waals surface area contributed by atoms with E-state index < -0.39 is 24.2 Å². The molecule has 4 atom stereocenters. The molecule has 0 spiro atoms. The number of nitrogens with zero attached hydrogens (tertiary/aromatic N) is 1. The molecular formula is C8H11NO5. The molecule has 1 amide bonds. The zero-order chi connectivity index (χ0) is 10.5. The van der Waals surface area contributed by atoms with E-state index in [2.05, 4.69) is 0 Å². The Bertz CT molecular complexity index is 269. The molecule has 2 rings (SSSR count). The Hall–Kier alpha value is -1.30. The van der Waals surface area contributed by atoms with Crippen molar-refractivity contribution in [1.29, 1.82) is 0 Å². The molecule has 0 bridgehead atoms. The third kappa shape index (κ3) is 1.00. The molecule has 2 aliphatic rings. The largest absolute Gasteiger partial charge is 0.480 e. The molecule has 1 aliphatic heterocycles. The highest BCUT2D eigenvalue weighted by atomic mass is 16.4. The molecule has 1 heterocycles. The lowest BCUT2D eigenvalue weighted by molar-refractivity contribution is -0.144. The average Bonchev–Trinajstić information content (AvgIpc) is 2.17. The fourth-order valence-electron chi connectivity index (χ4n) is 2.38. The van der Waals surface area contributed by atoms with Crippen LogP contribution in [0.25, 0.3) is 0 Å². The topological polar surface area (TPSA) is 98.1 Å². The minimum absolute atomic E-state index is 0.188. The van der Waals surface area contributed by atoms with Crippen LogP contribution in [0.5, 0.6) is 0 Å². The first-order valence-electron chi connectivity index (χ1n) is 4.46. The number of likely N-dealkylation sites (tertiary alicyclic amines) is 1. The minimum atomic E-state index is -1.29. The highest BCUT2D eigenvalue weighted by molar-refractivity contribution is 5.81. The smallest absolute Gasteiger partial charge is 0.408 e. The molecule has 2 fully saturated rings. The third-order valence-corrected chi connectivity index (χ3v) is 3.18. The van der Waals surface area contributed by atoms with Crippen molar-refractivity contribution in [3.63, 3.8) is 0 Å². The molecule has 14 heavy (non-hydrogen) atoms. The van der Waals surface area contributed by atoms with E-state index in [1.165, 1.54) is 0 Å². The first kappa shape index (κ1) is 9.26. The maximum absolute atomic E-state index is 10.8. The van der Waals surface area contributed by atoms with Crippen LogP contribution in [0.3, 0.4) is 0 Å². The van der Waals surface area contributed by atoms with Crippen molar-refractivity contribution in [2.24, 2.45) is 5.92 Å². The second-order valence-corrected chi connectivity index (χ2v) is 3.77. The lowest BCUT2D eigenvalue weighted by atomic mass is 9.78. The summed E-state index contributed by atoms with van der Waals surface area (Å²) in [5.74, 6) is -1.46.